The predicted octanol–water partition coefficient (Wildman–Crippen LogP) is 0.944. The lowest BCUT2D eigenvalue weighted by Crippen LogP contribution is -2.33. The van der Waals surface area contributed by atoms with Gasteiger partial charge >= 0.3 is 0 Å². The molecule has 1 aromatic heterocycles. The fourth-order valence-electron chi connectivity index (χ4n) is 2.07. The molecule has 0 unspecified atom stereocenters. The average Bonchev–Trinajstić information content (AvgIpc) is 2.87. The second-order valence-corrected chi connectivity index (χ2v) is 6.16. The molecule has 1 aliphatic heterocycles. The first-order chi connectivity index (χ1) is 8.84. The number of hydrogen-bond donors (Lipinski definition) is 2. The molecular weight excluding hydrogens is 244 g/mol. The molecule has 1 amide bonds. The van der Waals surface area contributed by atoms with Crippen molar-refractivity contribution in [3.63, 3.8) is 0 Å². The lowest BCUT2D eigenvalue weighted by Gasteiger charge is -2.13. The van der Waals surface area contributed by atoms with Gasteiger partial charge in [0.1, 0.15) is 0 Å². The smallest absolute Gasteiger partial charge is 0.240 e. The first-order valence-corrected chi connectivity index (χ1v) is 6.59. The Morgan fingerprint density at radius 2 is 2.37 bits per heavy atom. The van der Waals surface area contributed by atoms with Crippen molar-refractivity contribution in [3.8, 4) is 0 Å². The van der Waals surface area contributed by atoms with Gasteiger partial charge in [-0.3, -0.25) is 15.0 Å². The molecule has 1 aromatic rings. The summed E-state index contributed by atoms with van der Waals surface area (Å²) >= 11 is 0. The fraction of sp³-hybridized carbons (Fsp3) is 0.692. The zero-order valence-corrected chi connectivity index (χ0v) is 11.8. The van der Waals surface area contributed by atoms with E-state index in [0.717, 1.165) is 25.2 Å². The third-order valence-electron chi connectivity index (χ3n) is 3.22. The molecule has 3 N–H and O–H groups in total. The van der Waals surface area contributed by atoms with Crippen molar-refractivity contribution < 1.29 is 9.32 Å². The van der Waals surface area contributed by atoms with Crippen LogP contribution in [0.2, 0.25) is 0 Å². The van der Waals surface area contributed by atoms with Crippen molar-refractivity contribution in [1.29, 1.82) is 0 Å². The van der Waals surface area contributed by atoms with Gasteiger partial charge in [0, 0.05) is 30.6 Å². The predicted molar refractivity (Wildman–Crippen MR) is 72.9 cm³/mol. The van der Waals surface area contributed by atoms with Gasteiger partial charge in [0.25, 0.3) is 0 Å². The van der Waals surface area contributed by atoms with Crippen LogP contribution in [-0.2, 0) is 10.2 Å². The highest BCUT2D eigenvalue weighted by Gasteiger charge is 2.23. The summed E-state index contributed by atoms with van der Waals surface area (Å²) in [5.74, 6) is 0.309. The molecule has 2 heterocycles. The van der Waals surface area contributed by atoms with Gasteiger partial charge in [-0.1, -0.05) is 25.9 Å². The molecule has 6 heteroatoms. The molecule has 1 aliphatic rings. The van der Waals surface area contributed by atoms with E-state index in [2.05, 4.69) is 10.5 Å². The number of aromatic nitrogens is 1. The van der Waals surface area contributed by atoms with Crippen LogP contribution in [0.5, 0.6) is 0 Å². The molecule has 1 saturated heterocycles. The Labute approximate surface area is 113 Å². The first kappa shape index (κ1) is 14.0. The van der Waals surface area contributed by atoms with Crippen molar-refractivity contribution >= 4 is 11.8 Å². The molecule has 0 spiro atoms. The summed E-state index contributed by atoms with van der Waals surface area (Å²) < 4.78 is 5.12. The molecule has 0 radical (unpaired) electrons. The second kappa shape index (κ2) is 5.30. The summed E-state index contributed by atoms with van der Waals surface area (Å²) in [5.41, 5.74) is 6.54. The Balaban J connectivity index is 1.87. The van der Waals surface area contributed by atoms with Crippen LogP contribution < -0.4 is 11.1 Å². The molecule has 19 heavy (non-hydrogen) atoms. The molecule has 1 fully saturated rings. The van der Waals surface area contributed by atoms with Crippen LogP contribution in [0.25, 0.3) is 0 Å². The van der Waals surface area contributed by atoms with Crippen LogP contribution in [0.1, 0.15) is 32.9 Å². The number of carbonyl (C=O) groups is 1. The van der Waals surface area contributed by atoms with E-state index in [4.69, 9.17) is 10.3 Å². The van der Waals surface area contributed by atoms with Crippen molar-refractivity contribution in [2.75, 3.05) is 25.0 Å². The van der Waals surface area contributed by atoms with E-state index in [1.165, 1.54) is 0 Å². The Hall–Kier alpha value is -1.40. The Morgan fingerprint density at radius 3 is 2.89 bits per heavy atom. The molecule has 2 rings (SSSR count). The minimum absolute atomic E-state index is 0.0891. The number of hydrogen-bond acceptors (Lipinski definition) is 5. The SMILES string of the molecule is CC(C)(C)c1cc(NC(=O)CN2CC[C@H](N)C2)on1. The van der Waals surface area contributed by atoms with Crippen LogP contribution in [0.4, 0.5) is 5.88 Å². The molecule has 0 bridgehead atoms. The lowest BCUT2D eigenvalue weighted by atomic mass is 9.92. The first-order valence-electron chi connectivity index (χ1n) is 6.59. The quantitative estimate of drug-likeness (QED) is 0.850. The number of carbonyl (C=O) groups excluding carboxylic acids is 1. The van der Waals surface area contributed by atoms with Crippen molar-refractivity contribution in [3.05, 3.63) is 11.8 Å². The van der Waals surface area contributed by atoms with Gasteiger partial charge in [-0.25, -0.2) is 0 Å². The Bertz CT molecular complexity index is 450. The maximum Gasteiger partial charge on any atom is 0.240 e. The Morgan fingerprint density at radius 1 is 1.63 bits per heavy atom. The topological polar surface area (TPSA) is 84.4 Å². The van der Waals surface area contributed by atoms with E-state index in [9.17, 15) is 4.79 Å². The standard InChI is InChI=1S/C13H22N4O2/c1-13(2,3)10-6-12(19-16-10)15-11(18)8-17-5-4-9(14)7-17/h6,9H,4-5,7-8,14H2,1-3H3,(H,15,18)/t9-/m0/s1. The van der Waals surface area contributed by atoms with Crippen LogP contribution >= 0.6 is 0 Å². The van der Waals surface area contributed by atoms with Gasteiger partial charge in [0.2, 0.25) is 11.8 Å². The number of amides is 1. The number of likely N-dealkylation sites (tertiary alicyclic amines) is 1. The Kier molecular flexibility index (Phi) is 3.91. The highest BCUT2D eigenvalue weighted by molar-refractivity contribution is 5.91. The van der Waals surface area contributed by atoms with Gasteiger partial charge in [0.15, 0.2) is 0 Å². The molecular formula is C13H22N4O2. The average molecular weight is 266 g/mol. The third-order valence-corrected chi connectivity index (χ3v) is 3.22. The largest absolute Gasteiger partial charge is 0.338 e. The zero-order chi connectivity index (χ0) is 14.0. The van der Waals surface area contributed by atoms with Crippen LogP contribution in [0.15, 0.2) is 10.6 Å². The van der Waals surface area contributed by atoms with Crippen LogP contribution in [0.3, 0.4) is 0 Å². The fourth-order valence-corrected chi connectivity index (χ4v) is 2.07. The second-order valence-electron chi connectivity index (χ2n) is 6.16. The summed E-state index contributed by atoms with van der Waals surface area (Å²) in [5, 5.41) is 6.69. The summed E-state index contributed by atoms with van der Waals surface area (Å²) in [4.78, 5) is 13.9. The summed E-state index contributed by atoms with van der Waals surface area (Å²) in [7, 11) is 0. The van der Waals surface area contributed by atoms with E-state index >= 15 is 0 Å². The molecule has 0 saturated carbocycles. The van der Waals surface area contributed by atoms with Gasteiger partial charge in [-0.15, -0.1) is 0 Å². The maximum atomic E-state index is 11.9. The van der Waals surface area contributed by atoms with Crippen LogP contribution in [0, 0.1) is 0 Å². The summed E-state index contributed by atoms with van der Waals surface area (Å²) in [6.07, 6.45) is 0.948. The third kappa shape index (κ3) is 3.78. The van der Waals surface area contributed by atoms with Crippen molar-refractivity contribution in [2.45, 2.75) is 38.6 Å². The number of nitrogens with zero attached hydrogens (tertiary/aromatic N) is 2. The molecule has 6 nitrogen and oxygen atoms in total. The molecule has 0 aromatic carbocycles. The van der Waals surface area contributed by atoms with Gasteiger partial charge in [-0.2, -0.15) is 0 Å². The number of nitrogens with one attached hydrogen (secondary N) is 1. The summed E-state index contributed by atoms with van der Waals surface area (Å²) in [6.45, 7) is 8.13. The normalized spacial score (nSPS) is 20.7. The highest BCUT2D eigenvalue weighted by Crippen LogP contribution is 2.23. The minimum Gasteiger partial charge on any atom is -0.338 e. The van der Waals surface area contributed by atoms with E-state index in [-0.39, 0.29) is 17.4 Å². The monoisotopic (exact) mass is 266 g/mol. The van der Waals surface area contributed by atoms with E-state index < -0.39 is 0 Å². The van der Waals surface area contributed by atoms with E-state index in [1.54, 1.807) is 6.07 Å². The molecule has 1 atom stereocenters. The summed E-state index contributed by atoms with van der Waals surface area (Å²) in [6, 6.07) is 1.96. The van der Waals surface area contributed by atoms with Gasteiger partial charge in [-0.05, 0) is 6.42 Å². The van der Waals surface area contributed by atoms with E-state index in [1.807, 2.05) is 25.7 Å². The zero-order valence-electron chi connectivity index (χ0n) is 11.8. The lowest BCUT2D eigenvalue weighted by molar-refractivity contribution is -0.117. The molecule has 106 valence electrons. The maximum absolute atomic E-state index is 11.9. The number of rotatable bonds is 3. The number of anilines is 1. The van der Waals surface area contributed by atoms with Crippen molar-refractivity contribution in [2.24, 2.45) is 5.73 Å². The van der Waals surface area contributed by atoms with Gasteiger partial charge < -0.3 is 10.3 Å². The van der Waals surface area contributed by atoms with Crippen molar-refractivity contribution in [1.82, 2.24) is 10.1 Å². The highest BCUT2D eigenvalue weighted by atomic mass is 16.5. The molecule has 0 aliphatic carbocycles. The minimum atomic E-state index is -0.0919. The van der Waals surface area contributed by atoms with E-state index in [0.29, 0.717) is 12.4 Å². The van der Waals surface area contributed by atoms with Crippen LogP contribution in [-0.4, -0.2) is 41.6 Å². The number of nitrogens with two attached hydrogens (primary N) is 1. The van der Waals surface area contributed by atoms with Gasteiger partial charge in [0.05, 0.1) is 12.2 Å².